The molecule has 0 spiro atoms. The number of rotatable bonds is 4. The highest BCUT2D eigenvalue weighted by Gasteiger charge is 2.00. The molecule has 4 N–H and O–H groups in total. The van der Waals surface area contributed by atoms with E-state index in [1.807, 2.05) is 0 Å². The molecule has 0 saturated heterocycles. The molecular formula is C11H18N2O. The minimum absolute atomic E-state index is 0.289. The van der Waals surface area contributed by atoms with Gasteiger partial charge in [-0.05, 0) is 37.1 Å². The van der Waals surface area contributed by atoms with Crippen LogP contribution in [0.4, 0.5) is 5.69 Å². The highest BCUT2D eigenvalue weighted by molar-refractivity contribution is 5.48. The number of nitrogens with one attached hydrogen (secondary N) is 1. The maximum absolute atomic E-state index is 9.27. The topological polar surface area (TPSA) is 58.3 Å². The van der Waals surface area contributed by atoms with E-state index < -0.39 is 6.10 Å². The minimum atomic E-state index is -0.476. The van der Waals surface area contributed by atoms with E-state index in [0.29, 0.717) is 6.54 Å². The van der Waals surface area contributed by atoms with Crippen LogP contribution < -0.4 is 11.1 Å². The van der Waals surface area contributed by atoms with Gasteiger partial charge in [0.05, 0.1) is 6.10 Å². The Bertz CT molecular complexity index is 279. The predicted octanol–water partition coefficient (Wildman–Crippen LogP) is 1.03. The second-order valence-electron chi connectivity index (χ2n) is 3.65. The van der Waals surface area contributed by atoms with E-state index in [4.69, 9.17) is 5.73 Å². The Morgan fingerprint density at radius 2 is 1.86 bits per heavy atom. The predicted molar refractivity (Wildman–Crippen MR) is 59.5 cm³/mol. The fourth-order valence-electron chi connectivity index (χ4n) is 1.40. The van der Waals surface area contributed by atoms with Gasteiger partial charge in [-0.15, -0.1) is 0 Å². The Morgan fingerprint density at radius 3 is 2.36 bits per heavy atom. The lowest BCUT2D eigenvalue weighted by Crippen LogP contribution is -2.27. The van der Waals surface area contributed by atoms with Gasteiger partial charge in [0.1, 0.15) is 0 Å². The van der Waals surface area contributed by atoms with E-state index in [2.05, 4.69) is 37.4 Å². The Balaban J connectivity index is 2.58. The molecule has 1 rings (SSSR count). The zero-order chi connectivity index (χ0) is 10.6. The largest absolute Gasteiger partial charge is 0.390 e. The average Bonchev–Trinajstić information content (AvgIpc) is 2.12. The molecule has 0 fully saturated rings. The first kappa shape index (κ1) is 11.0. The van der Waals surface area contributed by atoms with Gasteiger partial charge in [0.25, 0.3) is 0 Å². The molecule has 1 atom stereocenters. The van der Waals surface area contributed by atoms with Crippen LogP contribution in [0.25, 0.3) is 0 Å². The highest BCUT2D eigenvalue weighted by atomic mass is 16.3. The van der Waals surface area contributed by atoms with Crippen molar-refractivity contribution in [2.75, 3.05) is 18.4 Å². The second-order valence-corrected chi connectivity index (χ2v) is 3.65. The van der Waals surface area contributed by atoms with Gasteiger partial charge in [-0.1, -0.05) is 6.07 Å². The normalized spacial score (nSPS) is 12.6. The quantitative estimate of drug-likeness (QED) is 0.671. The summed E-state index contributed by atoms with van der Waals surface area (Å²) < 4.78 is 0. The first-order chi connectivity index (χ1) is 6.61. The molecule has 0 aliphatic rings. The summed E-state index contributed by atoms with van der Waals surface area (Å²) in [5, 5.41) is 12.4. The molecule has 14 heavy (non-hydrogen) atoms. The van der Waals surface area contributed by atoms with E-state index in [9.17, 15) is 5.11 Å². The summed E-state index contributed by atoms with van der Waals surface area (Å²) in [6, 6.07) is 6.22. The third kappa shape index (κ3) is 3.36. The maximum Gasteiger partial charge on any atom is 0.0834 e. The number of benzene rings is 1. The average molecular weight is 194 g/mol. The summed E-state index contributed by atoms with van der Waals surface area (Å²) in [4.78, 5) is 0. The monoisotopic (exact) mass is 194 g/mol. The van der Waals surface area contributed by atoms with Gasteiger partial charge in [0.2, 0.25) is 0 Å². The standard InChI is InChI=1S/C11H18N2O/c1-8-3-9(2)5-10(4-8)13-7-11(14)6-12/h3-5,11,13-14H,6-7,12H2,1-2H3. The number of anilines is 1. The molecule has 3 nitrogen and oxygen atoms in total. The Labute approximate surface area is 84.9 Å². The van der Waals surface area contributed by atoms with Crippen LogP contribution in [0.5, 0.6) is 0 Å². The number of hydrogen-bond acceptors (Lipinski definition) is 3. The molecule has 3 heteroatoms. The number of hydrogen-bond donors (Lipinski definition) is 3. The van der Waals surface area contributed by atoms with Crippen molar-refractivity contribution >= 4 is 5.69 Å². The van der Waals surface area contributed by atoms with Crippen molar-refractivity contribution in [3.05, 3.63) is 29.3 Å². The van der Waals surface area contributed by atoms with Crippen molar-refractivity contribution in [2.24, 2.45) is 5.73 Å². The first-order valence-electron chi connectivity index (χ1n) is 4.82. The molecule has 78 valence electrons. The zero-order valence-electron chi connectivity index (χ0n) is 8.75. The number of nitrogens with two attached hydrogens (primary N) is 1. The SMILES string of the molecule is Cc1cc(C)cc(NCC(O)CN)c1. The van der Waals surface area contributed by atoms with Gasteiger partial charge in [-0.3, -0.25) is 0 Å². The number of aryl methyl sites for hydroxylation is 2. The summed E-state index contributed by atoms with van der Waals surface area (Å²) in [6.45, 7) is 4.90. The molecule has 1 unspecified atom stereocenters. The summed E-state index contributed by atoms with van der Waals surface area (Å²) in [5.74, 6) is 0. The third-order valence-electron chi connectivity index (χ3n) is 2.04. The first-order valence-corrected chi connectivity index (χ1v) is 4.82. The van der Waals surface area contributed by atoms with Crippen LogP contribution in [0, 0.1) is 13.8 Å². The minimum Gasteiger partial charge on any atom is -0.390 e. The van der Waals surface area contributed by atoms with Crippen LogP contribution in [0.2, 0.25) is 0 Å². The van der Waals surface area contributed by atoms with Crippen molar-refractivity contribution in [3.63, 3.8) is 0 Å². The van der Waals surface area contributed by atoms with E-state index in [1.165, 1.54) is 11.1 Å². The van der Waals surface area contributed by atoms with Gasteiger partial charge in [0, 0.05) is 18.8 Å². The van der Waals surface area contributed by atoms with Crippen LogP contribution >= 0.6 is 0 Å². The highest BCUT2D eigenvalue weighted by Crippen LogP contribution is 2.13. The van der Waals surface area contributed by atoms with Crippen LogP contribution in [0.3, 0.4) is 0 Å². The van der Waals surface area contributed by atoms with Gasteiger partial charge in [-0.2, -0.15) is 0 Å². The van der Waals surface area contributed by atoms with Crippen molar-refractivity contribution in [1.82, 2.24) is 0 Å². The molecule has 0 aromatic heterocycles. The molecule has 0 aliphatic carbocycles. The van der Waals surface area contributed by atoms with Gasteiger partial charge < -0.3 is 16.2 Å². The Hall–Kier alpha value is -1.06. The molecule has 1 aromatic carbocycles. The molecule has 0 radical (unpaired) electrons. The van der Waals surface area contributed by atoms with Crippen LogP contribution in [-0.4, -0.2) is 24.3 Å². The van der Waals surface area contributed by atoms with Crippen molar-refractivity contribution in [1.29, 1.82) is 0 Å². The number of aliphatic hydroxyl groups excluding tert-OH is 1. The summed E-state index contributed by atoms with van der Waals surface area (Å²) in [7, 11) is 0. The van der Waals surface area contributed by atoms with Crippen LogP contribution in [-0.2, 0) is 0 Å². The van der Waals surface area contributed by atoms with Crippen LogP contribution in [0.15, 0.2) is 18.2 Å². The summed E-state index contributed by atoms with van der Waals surface area (Å²) in [5.41, 5.74) is 8.78. The van der Waals surface area contributed by atoms with Crippen molar-refractivity contribution < 1.29 is 5.11 Å². The molecular weight excluding hydrogens is 176 g/mol. The molecule has 1 aromatic rings. The molecule has 0 aliphatic heterocycles. The molecule has 0 saturated carbocycles. The van der Waals surface area contributed by atoms with E-state index in [1.54, 1.807) is 0 Å². The summed E-state index contributed by atoms with van der Waals surface area (Å²) in [6.07, 6.45) is -0.476. The second kappa shape index (κ2) is 4.98. The van der Waals surface area contributed by atoms with Gasteiger partial charge in [-0.25, -0.2) is 0 Å². The molecule has 0 heterocycles. The lowest BCUT2D eigenvalue weighted by molar-refractivity contribution is 0.196. The fraction of sp³-hybridized carbons (Fsp3) is 0.455. The molecule has 0 bridgehead atoms. The van der Waals surface area contributed by atoms with Crippen molar-refractivity contribution in [3.8, 4) is 0 Å². The lowest BCUT2D eigenvalue weighted by Gasteiger charge is -2.11. The summed E-state index contributed by atoms with van der Waals surface area (Å²) >= 11 is 0. The zero-order valence-corrected chi connectivity index (χ0v) is 8.75. The Kier molecular flexibility index (Phi) is 3.92. The van der Waals surface area contributed by atoms with E-state index >= 15 is 0 Å². The maximum atomic E-state index is 9.27. The Morgan fingerprint density at radius 1 is 1.29 bits per heavy atom. The molecule has 0 amide bonds. The third-order valence-corrected chi connectivity index (χ3v) is 2.04. The van der Waals surface area contributed by atoms with E-state index in [0.717, 1.165) is 5.69 Å². The van der Waals surface area contributed by atoms with Crippen molar-refractivity contribution in [2.45, 2.75) is 20.0 Å². The van der Waals surface area contributed by atoms with Gasteiger partial charge >= 0.3 is 0 Å². The number of aliphatic hydroxyl groups is 1. The van der Waals surface area contributed by atoms with E-state index in [-0.39, 0.29) is 6.54 Å². The fourth-order valence-corrected chi connectivity index (χ4v) is 1.40. The smallest absolute Gasteiger partial charge is 0.0834 e. The lowest BCUT2D eigenvalue weighted by atomic mass is 10.1. The van der Waals surface area contributed by atoms with Gasteiger partial charge in [0.15, 0.2) is 0 Å². The van der Waals surface area contributed by atoms with Crippen LogP contribution in [0.1, 0.15) is 11.1 Å².